The molecule has 1 heterocycles. The first-order chi connectivity index (χ1) is 13.2. The fraction of sp³-hybridized carbons (Fsp3) is 0.857. The molecule has 0 unspecified atom stereocenters. The maximum atomic E-state index is 13.3. The fourth-order valence-corrected chi connectivity index (χ4v) is 4.18. The molecule has 0 radical (unpaired) electrons. The van der Waals surface area contributed by atoms with Crippen LogP contribution in [0.25, 0.3) is 0 Å². The van der Waals surface area contributed by atoms with Gasteiger partial charge in [-0.25, -0.2) is 4.79 Å². The minimum Gasteiger partial charge on any atom is -0.444 e. The summed E-state index contributed by atoms with van der Waals surface area (Å²) in [5.74, 6) is -0.0965. The predicted molar refractivity (Wildman–Crippen MR) is 108 cm³/mol. The molecule has 0 aromatic carbocycles. The van der Waals surface area contributed by atoms with Gasteiger partial charge in [-0.15, -0.1) is 0 Å². The van der Waals surface area contributed by atoms with Crippen LogP contribution in [0.3, 0.4) is 0 Å². The lowest BCUT2D eigenvalue weighted by atomic mass is 9.85. The van der Waals surface area contributed by atoms with Crippen LogP contribution >= 0.6 is 0 Å². The number of hydrogen-bond donors (Lipinski definition) is 2. The van der Waals surface area contributed by atoms with Crippen LogP contribution in [0.1, 0.15) is 79.1 Å². The smallest absolute Gasteiger partial charge is 0.407 e. The molecule has 1 saturated heterocycles. The highest BCUT2D eigenvalue weighted by Gasteiger charge is 2.35. The Bertz CT molecular complexity index is 550. The Morgan fingerprint density at radius 2 is 1.50 bits per heavy atom. The molecule has 0 spiro atoms. The van der Waals surface area contributed by atoms with Gasteiger partial charge in [-0.1, -0.05) is 25.7 Å². The summed E-state index contributed by atoms with van der Waals surface area (Å²) in [6.45, 7) is 8.35. The zero-order valence-electron chi connectivity index (χ0n) is 17.9. The van der Waals surface area contributed by atoms with Crippen molar-refractivity contribution in [2.75, 3.05) is 13.1 Å². The first kappa shape index (κ1) is 22.5. The van der Waals surface area contributed by atoms with Crippen molar-refractivity contribution < 1.29 is 19.1 Å². The molecular weight excluding hydrogens is 358 g/mol. The number of alkyl carbamates (subject to hydrolysis) is 1. The Balaban J connectivity index is 2.00. The van der Waals surface area contributed by atoms with Crippen LogP contribution in [0.15, 0.2) is 0 Å². The van der Waals surface area contributed by atoms with Gasteiger partial charge in [0, 0.05) is 32.1 Å². The Labute approximate surface area is 168 Å². The molecule has 28 heavy (non-hydrogen) atoms. The van der Waals surface area contributed by atoms with Gasteiger partial charge in [0.05, 0.1) is 5.92 Å². The third-order valence-corrected chi connectivity index (χ3v) is 5.50. The Kier molecular flexibility index (Phi) is 8.13. The third-order valence-electron chi connectivity index (χ3n) is 5.50. The highest BCUT2D eigenvalue weighted by molar-refractivity contribution is 5.81. The molecule has 7 nitrogen and oxygen atoms in total. The SMILES string of the molecule is CC(=O)NC1CCN(C(=O)[C@@H]2CCCCCC[C@H]2NC(=O)OC(C)(C)C)CC1. The number of piperidine rings is 1. The predicted octanol–water partition coefficient (Wildman–Crippen LogP) is 2.98. The van der Waals surface area contributed by atoms with E-state index in [0.717, 1.165) is 51.4 Å². The van der Waals surface area contributed by atoms with Crippen molar-refractivity contribution in [3.05, 3.63) is 0 Å². The van der Waals surface area contributed by atoms with Gasteiger partial charge >= 0.3 is 6.09 Å². The number of amides is 3. The van der Waals surface area contributed by atoms with E-state index in [1.54, 1.807) is 0 Å². The average Bonchev–Trinajstić information content (AvgIpc) is 2.55. The van der Waals surface area contributed by atoms with Crippen molar-refractivity contribution in [2.24, 2.45) is 5.92 Å². The second-order valence-electron chi connectivity index (χ2n) is 9.15. The minimum atomic E-state index is -0.559. The summed E-state index contributed by atoms with van der Waals surface area (Å²) < 4.78 is 5.42. The monoisotopic (exact) mass is 395 g/mol. The molecule has 1 aliphatic carbocycles. The quantitative estimate of drug-likeness (QED) is 0.769. The summed E-state index contributed by atoms with van der Waals surface area (Å²) >= 11 is 0. The zero-order valence-corrected chi connectivity index (χ0v) is 17.9. The van der Waals surface area contributed by atoms with Gasteiger partial charge < -0.3 is 20.3 Å². The summed E-state index contributed by atoms with van der Waals surface area (Å²) in [5, 5.41) is 5.93. The second kappa shape index (κ2) is 10.1. The van der Waals surface area contributed by atoms with Crippen LogP contribution in [-0.2, 0) is 14.3 Å². The van der Waals surface area contributed by atoms with E-state index < -0.39 is 11.7 Å². The molecule has 3 amide bonds. The molecule has 0 aromatic heterocycles. The van der Waals surface area contributed by atoms with Crippen molar-refractivity contribution in [3.63, 3.8) is 0 Å². The molecule has 2 aliphatic rings. The first-order valence-electron chi connectivity index (χ1n) is 10.7. The number of nitrogens with zero attached hydrogens (tertiary/aromatic N) is 1. The van der Waals surface area contributed by atoms with Crippen molar-refractivity contribution >= 4 is 17.9 Å². The highest BCUT2D eigenvalue weighted by Crippen LogP contribution is 2.26. The van der Waals surface area contributed by atoms with Crippen LogP contribution in [0.5, 0.6) is 0 Å². The number of hydrogen-bond acceptors (Lipinski definition) is 4. The van der Waals surface area contributed by atoms with E-state index >= 15 is 0 Å². The second-order valence-corrected chi connectivity index (χ2v) is 9.15. The topological polar surface area (TPSA) is 87.7 Å². The van der Waals surface area contributed by atoms with Crippen LogP contribution in [-0.4, -0.2) is 53.6 Å². The average molecular weight is 396 g/mol. The Morgan fingerprint density at radius 1 is 0.893 bits per heavy atom. The summed E-state index contributed by atoms with van der Waals surface area (Å²) in [6.07, 6.45) is 7.00. The molecular formula is C21H37N3O4. The maximum Gasteiger partial charge on any atom is 0.407 e. The largest absolute Gasteiger partial charge is 0.444 e. The number of nitrogens with one attached hydrogen (secondary N) is 2. The van der Waals surface area contributed by atoms with Gasteiger partial charge in [0.15, 0.2) is 0 Å². The van der Waals surface area contributed by atoms with E-state index in [0.29, 0.717) is 13.1 Å². The van der Waals surface area contributed by atoms with Gasteiger partial charge in [0.25, 0.3) is 0 Å². The van der Waals surface area contributed by atoms with Crippen LogP contribution in [0, 0.1) is 5.92 Å². The van der Waals surface area contributed by atoms with Gasteiger partial charge in [0.1, 0.15) is 5.60 Å². The highest BCUT2D eigenvalue weighted by atomic mass is 16.6. The summed E-state index contributed by atoms with van der Waals surface area (Å²) in [5.41, 5.74) is -0.559. The standard InChI is InChI=1S/C21H37N3O4/c1-15(25)22-16-11-13-24(14-12-16)19(26)17-9-7-5-6-8-10-18(17)23-20(27)28-21(2,3)4/h16-18H,5-14H2,1-4H3,(H,22,25)(H,23,27)/t17-,18-/m1/s1. The van der Waals surface area contributed by atoms with Crippen LogP contribution in [0.4, 0.5) is 4.79 Å². The lowest BCUT2D eigenvalue weighted by Crippen LogP contribution is -2.52. The van der Waals surface area contributed by atoms with E-state index in [1.165, 1.54) is 6.92 Å². The third kappa shape index (κ3) is 7.32. The molecule has 2 N–H and O–H groups in total. The van der Waals surface area contributed by atoms with E-state index in [2.05, 4.69) is 10.6 Å². The fourth-order valence-electron chi connectivity index (χ4n) is 4.18. The number of rotatable bonds is 3. The molecule has 2 fully saturated rings. The van der Waals surface area contributed by atoms with E-state index in [-0.39, 0.29) is 29.8 Å². The number of carbonyl (C=O) groups is 3. The number of likely N-dealkylation sites (tertiary alicyclic amines) is 1. The Hall–Kier alpha value is -1.79. The van der Waals surface area contributed by atoms with Crippen molar-refractivity contribution in [2.45, 2.75) is 96.7 Å². The van der Waals surface area contributed by atoms with Crippen molar-refractivity contribution in [1.29, 1.82) is 0 Å². The van der Waals surface area contributed by atoms with Crippen LogP contribution in [0.2, 0.25) is 0 Å². The molecule has 0 bridgehead atoms. The van der Waals surface area contributed by atoms with E-state index in [9.17, 15) is 14.4 Å². The van der Waals surface area contributed by atoms with E-state index in [4.69, 9.17) is 4.74 Å². The van der Waals surface area contributed by atoms with Gasteiger partial charge in [-0.05, 0) is 46.5 Å². The van der Waals surface area contributed by atoms with E-state index in [1.807, 2.05) is 25.7 Å². The summed E-state index contributed by atoms with van der Waals surface area (Å²) in [4.78, 5) is 38.7. The lowest BCUT2D eigenvalue weighted by molar-refractivity contribution is -0.138. The summed E-state index contributed by atoms with van der Waals surface area (Å²) in [6, 6.07) is -0.0368. The summed E-state index contributed by atoms with van der Waals surface area (Å²) in [7, 11) is 0. The van der Waals surface area contributed by atoms with Crippen molar-refractivity contribution in [1.82, 2.24) is 15.5 Å². The Morgan fingerprint density at radius 3 is 2.07 bits per heavy atom. The van der Waals surface area contributed by atoms with Gasteiger partial charge in [0.2, 0.25) is 11.8 Å². The molecule has 1 aliphatic heterocycles. The van der Waals surface area contributed by atoms with Gasteiger partial charge in [-0.3, -0.25) is 9.59 Å². The minimum absolute atomic E-state index is 0.0218. The normalized spacial score (nSPS) is 24.6. The molecule has 7 heteroatoms. The number of ether oxygens (including phenoxy) is 1. The lowest BCUT2D eigenvalue weighted by Gasteiger charge is -2.37. The van der Waals surface area contributed by atoms with Crippen molar-refractivity contribution in [3.8, 4) is 0 Å². The molecule has 2 atom stereocenters. The maximum absolute atomic E-state index is 13.3. The molecule has 2 rings (SSSR count). The zero-order chi connectivity index (χ0) is 20.7. The number of carbonyl (C=O) groups excluding carboxylic acids is 3. The first-order valence-corrected chi connectivity index (χ1v) is 10.7. The molecule has 0 aromatic rings. The van der Waals surface area contributed by atoms with Crippen LogP contribution < -0.4 is 10.6 Å². The van der Waals surface area contributed by atoms with Gasteiger partial charge in [-0.2, -0.15) is 0 Å². The molecule has 1 saturated carbocycles. The molecule has 160 valence electrons.